The molecule has 136 valence electrons. The summed E-state index contributed by atoms with van der Waals surface area (Å²) in [4.78, 5) is 14.7. The smallest absolute Gasteiger partial charge is 0.251 e. The Morgan fingerprint density at radius 3 is 2.62 bits per heavy atom. The molecule has 7 heteroatoms. The van der Waals surface area contributed by atoms with Gasteiger partial charge in [0.25, 0.3) is 5.91 Å². The van der Waals surface area contributed by atoms with Gasteiger partial charge in [-0.1, -0.05) is 6.07 Å². The van der Waals surface area contributed by atoms with E-state index in [4.69, 9.17) is 10.5 Å². The monoisotopic (exact) mass is 375 g/mol. The van der Waals surface area contributed by atoms with Crippen molar-refractivity contribution in [1.82, 2.24) is 10.2 Å². The number of hydrogen-bond acceptors (Lipinski definition) is 4. The second-order valence-corrected chi connectivity index (χ2v) is 6.40. The van der Waals surface area contributed by atoms with Crippen molar-refractivity contribution in [2.75, 3.05) is 38.6 Å². The molecule has 2 fully saturated rings. The average Bonchev–Trinajstić information content (AvgIpc) is 3.02. The predicted molar refractivity (Wildman–Crippen MR) is 101 cm³/mol. The number of amides is 1. The number of carbonyl (C=O) groups is 1. The fraction of sp³-hybridized carbons (Fsp3) is 0.588. The number of ether oxygens (including phenoxy) is 1. The van der Waals surface area contributed by atoms with Crippen molar-refractivity contribution in [1.29, 1.82) is 0 Å². The highest BCUT2D eigenvalue weighted by Gasteiger charge is 2.24. The van der Waals surface area contributed by atoms with Gasteiger partial charge in [0.1, 0.15) is 0 Å². The van der Waals surface area contributed by atoms with Crippen LogP contribution in [0, 0.1) is 5.92 Å². The molecular weight excluding hydrogens is 349 g/mol. The lowest BCUT2D eigenvalue weighted by Gasteiger charge is -2.33. The zero-order valence-corrected chi connectivity index (χ0v) is 15.4. The third kappa shape index (κ3) is 5.81. The first-order valence-corrected chi connectivity index (χ1v) is 8.17. The summed E-state index contributed by atoms with van der Waals surface area (Å²) in [6, 6.07) is 7.41. The fourth-order valence-corrected chi connectivity index (χ4v) is 3.30. The molecule has 0 spiro atoms. The molecule has 5 nitrogen and oxygen atoms in total. The van der Waals surface area contributed by atoms with E-state index in [0.717, 1.165) is 45.7 Å². The van der Waals surface area contributed by atoms with E-state index in [1.165, 1.54) is 6.42 Å². The lowest BCUT2D eigenvalue weighted by molar-refractivity contribution is 0.0903. The number of carbonyl (C=O) groups excluding carboxylic acids is 1. The molecule has 1 aromatic carbocycles. The number of rotatable bonds is 4. The van der Waals surface area contributed by atoms with Gasteiger partial charge in [0.15, 0.2) is 0 Å². The van der Waals surface area contributed by atoms with Crippen molar-refractivity contribution in [2.24, 2.45) is 5.92 Å². The molecule has 2 aliphatic heterocycles. The summed E-state index contributed by atoms with van der Waals surface area (Å²) in [7, 11) is 0. The van der Waals surface area contributed by atoms with Crippen LogP contribution in [-0.4, -0.2) is 49.7 Å². The Labute approximate surface area is 156 Å². The van der Waals surface area contributed by atoms with Crippen molar-refractivity contribution in [3.8, 4) is 0 Å². The zero-order chi connectivity index (χ0) is 15.4. The maximum absolute atomic E-state index is 12.2. The lowest BCUT2D eigenvalue weighted by atomic mass is 10.0. The Kier molecular flexibility index (Phi) is 8.84. The summed E-state index contributed by atoms with van der Waals surface area (Å²) in [5.41, 5.74) is 7.00. The number of hydrogen-bond donors (Lipinski definition) is 2. The maximum atomic E-state index is 12.2. The van der Waals surface area contributed by atoms with Crippen LogP contribution in [0.5, 0.6) is 0 Å². The summed E-state index contributed by atoms with van der Waals surface area (Å²) < 4.78 is 5.44. The SMILES string of the molecule is Cl.Cl.Nc1cccc(C(=O)NC2CCN(CC3CCOC3)CC2)c1. The quantitative estimate of drug-likeness (QED) is 0.792. The number of benzene rings is 1. The van der Waals surface area contributed by atoms with Crippen LogP contribution in [-0.2, 0) is 4.74 Å². The highest BCUT2D eigenvalue weighted by atomic mass is 35.5. The van der Waals surface area contributed by atoms with Gasteiger partial charge in [-0.2, -0.15) is 0 Å². The standard InChI is InChI=1S/C17H25N3O2.2ClH/c18-15-3-1-2-14(10-15)17(21)19-16-4-7-20(8-5-16)11-13-6-9-22-12-13;;/h1-3,10,13,16H,4-9,11-12,18H2,(H,19,21);2*1H. The first-order valence-electron chi connectivity index (χ1n) is 8.17. The van der Waals surface area contributed by atoms with Crippen molar-refractivity contribution >= 4 is 36.4 Å². The minimum Gasteiger partial charge on any atom is -0.399 e. The second kappa shape index (κ2) is 10.1. The molecule has 3 N–H and O–H groups in total. The van der Waals surface area contributed by atoms with Gasteiger partial charge in [-0.3, -0.25) is 4.79 Å². The number of nitrogens with zero attached hydrogens (tertiary/aromatic N) is 1. The van der Waals surface area contributed by atoms with Crippen LogP contribution >= 0.6 is 24.8 Å². The van der Waals surface area contributed by atoms with Gasteiger partial charge in [0.2, 0.25) is 0 Å². The summed E-state index contributed by atoms with van der Waals surface area (Å²) in [5, 5.41) is 3.13. The van der Waals surface area contributed by atoms with Crippen LogP contribution < -0.4 is 11.1 Å². The number of nitrogens with two attached hydrogens (primary N) is 1. The van der Waals surface area contributed by atoms with E-state index in [9.17, 15) is 4.79 Å². The highest BCUT2D eigenvalue weighted by molar-refractivity contribution is 5.95. The van der Waals surface area contributed by atoms with Crippen LogP contribution in [0.3, 0.4) is 0 Å². The van der Waals surface area contributed by atoms with E-state index < -0.39 is 0 Å². The molecule has 0 radical (unpaired) electrons. The molecule has 0 aliphatic carbocycles. The Morgan fingerprint density at radius 1 is 1.25 bits per heavy atom. The molecule has 1 aromatic rings. The number of anilines is 1. The van der Waals surface area contributed by atoms with Gasteiger partial charge in [0.05, 0.1) is 6.61 Å². The molecule has 0 aromatic heterocycles. The molecule has 1 unspecified atom stereocenters. The highest BCUT2D eigenvalue weighted by Crippen LogP contribution is 2.18. The molecule has 2 saturated heterocycles. The van der Waals surface area contributed by atoms with E-state index >= 15 is 0 Å². The van der Waals surface area contributed by atoms with E-state index in [0.29, 0.717) is 17.2 Å². The molecule has 3 rings (SSSR count). The van der Waals surface area contributed by atoms with Gasteiger partial charge in [-0.25, -0.2) is 0 Å². The van der Waals surface area contributed by atoms with Crippen LogP contribution in [0.15, 0.2) is 24.3 Å². The molecule has 1 atom stereocenters. The summed E-state index contributed by atoms with van der Waals surface area (Å²) in [6.07, 6.45) is 3.22. The van der Waals surface area contributed by atoms with E-state index in [1.54, 1.807) is 18.2 Å². The third-order valence-electron chi connectivity index (χ3n) is 4.61. The first kappa shape index (κ1) is 21.0. The minimum absolute atomic E-state index is 0. The van der Waals surface area contributed by atoms with E-state index in [1.807, 2.05) is 6.07 Å². The Bertz CT molecular complexity index is 516. The third-order valence-corrected chi connectivity index (χ3v) is 4.61. The topological polar surface area (TPSA) is 67.6 Å². The summed E-state index contributed by atoms with van der Waals surface area (Å²) in [5.74, 6) is 0.674. The summed E-state index contributed by atoms with van der Waals surface area (Å²) in [6.45, 7) is 5.07. The van der Waals surface area contributed by atoms with Crippen LogP contribution in [0.2, 0.25) is 0 Å². The molecule has 0 saturated carbocycles. The summed E-state index contributed by atoms with van der Waals surface area (Å²) >= 11 is 0. The lowest BCUT2D eigenvalue weighted by Crippen LogP contribution is -2.45. The Hall–Kier alpha value is -1.01. The molecular formula is C17H27Cl2N3O2. The van der Waals surface area contributed by atoms with Crippen molar-refractivity contribution in [3.63, 3.8) is 0 Å². The number of nitrogens with one attached hydrogen (secondary N) is 1. The number of piperidine rings is 1. The Morgan fingerprint density at radius 2 is 2.00 bits per heavy atom. The van der Waals surface area contributed by atoms with Crippen molar-refractivity contribution in [2.45, 2.75) is 25.3 Å². The van der Waals surface area contributed by atoms with Gasteiger partial charge in [-0.05, 0) is 43.4 Å². The molecule has 2 aliphatic rings. The number of halogens is 2. The Balaban J connectivity index is 0.00000144. The first-order chi connectivity index (χ1) is 10.7. The van der Waals surface area contributed by atoms with Gasteiger partial charge < -0.3 is 20.7 Å². The fourth-order valence-electron chi connectivity index (χ4n) is 3.30. The predicted octanol–water partition coefficient (Wildman–Crippen LogP) is 2.34. The van der Waals surface area contributed by atoms with Gasteiger partial charge in [0, 0.05) is 43.5 Å². The minimum atomic E-state index is -0.0186. The van der Waals surface area contributed by atoms with Crippen molar-refractivity contribution in [3.05, 3.63) is 29.8 Å². The molecule has 24 heavy (non-hydrogen) atoms. The van der Waals surface area contributed by atoms with Crippen LogP contribution in [0.1, 0.15) is 29.6 Å². The molecule has 2 heterocycles. The zero-order valence-electron chi connectivity index (χ0n) is 13.8. The number of nitrogen functional groups attached to an aromatic ring is 1. The van der Waals surface area contributed by atoms with Crippen molar-refractivity contribution < 1.29 is 9.53 Å². The molecule has 1 amide bonds. The largest absolute Gasteiger partial charge is 0.399 e. The maximum Gasteiger partial charge on any atom is 0.251 e. The normalized spacial score (nSPS) is 21.6. The van der Waals surface area contributed by atoms with E-state index in [2.05, 4.69) is 10.2 Å². The second-order valence-electron chi connectivity index (χ2n) is 6.40. The average molecular weight is 376 g/mol. The van der Waals surface area contributed by atoms with Gasteiger partial charge in [-0.15, -0.1) is 24.8 Å². The van der Waals surface area contributed by atoms with Gasteiger partial charge >= 0.3 is 0 Å². The molecule has 0 bridgehead atoms. The van der Waals surface area contributed by atoms with Crippen LogP contribution in [0.25, 0.3) is 0 Å². The van der Waals surface area contributed by atoms with Crippen LogP contribution in [0.4, 0.5) is 5.69 Å². The van der Waals surface area contributed by atoms with E-state index in [-0.39, 0.29) is 36.8 Å². The number of likely N-dealkylation sites (tertiary alicyclic amines) is 1.